The molecule has 0 aliphatic carbocycles. The van der Waals surface area contributed by atoms with E-state index in [-0.39, 0.29) is 5.56 Å². The van der Waals surface area contributed by atoms with Gasteiger partial charge in [-0.2, -0.15) is 0 Å². The van der Waals surface area contributed by atoms with E-state index in [1.54, 1.807) is 18.2 Å². The Morgan fingerprint density at radius 2 is 1.84 bits per heavy atom. The first-order chi connectivity index (χ1) is 15.5. The van der Waals surface area contributed by atoms with Crippen LogP contribution in [0, 0.1) is 0 Å². The van der Waals surface area contributed by atoms with E-state index in [2.05, 4.69) is 33.8 Å². The number of anilines is 1. The topological polar surface area (TPSA) is 67.6 Å². The summed E-state index contributed by atoms with van der Waals surface area (Å²) in [5.74, 6) is 0.810. The number of fused-ring (bicyclic) bond motifs is 1. The molecule has 0 atom stereocenters. The van der Waals surface area contributed by atoms with Crippen LogP contribution in [-0.2, 0) is 19.6 Å². The Labute approximate surface area is 187 Å². The zero-order valence-corrected chi connectivity index (χ0v) is 18.4. The van der Waals surface area contributed by atoms with Crippen LogP contribution in [-0.4, -0.2) is 34.7 Å². The van der Waals surface area contributed by atoms with Gasteiger partial charge in [0.2, 0.25) is 5.95 Å². The molecule has 32 heavy (non-hydrogen) atoms. The highest BCUT2D eigenvalue weighted by Gasteiger charge is 2.06. The summed E-state index contributed by atoms with van der Waals surface area (Å²) in [7, 11) is 4.01. The van der Waals surface area contributed by atoms with Crippen molar-refractivity contribution in [2.75, 3.05) is 19.0 Å². The van der Waals surface area contributed by atoms with Crippen LogP contribution in [0.2, 0.25) is 0 Å². The van der Waals surface area contributed by atoms with E-state index < -0.39 is 5.97 Å². The number of carboxylic acid groups (broad SMARTS) is 1. The van der Waals surface area contributed by atoms with Gasteiger partial charge in [-0.3, -0.25) is 0 Å². The Morgan fingerprint density at radius 1 is 1.03 bits per heavy atom. The molecule has 1 aromatic heterocycles. The third kappa shape index (κ3) is 5.09. The summed E-state index contributed by atoms with van der Waals surface area (Å²) in [6, 6.07) is 19.4. The van der Waals surface area contributed by atoms with Crippen molar-refractivity contribution in [2.45, 2.75) is 26.0 Å². The molecule has 0 bridgehead atoms. The number of rotatable bonds is 9. The molecular formula is C26H27N3O3. The van der Waals surface area contributed by atoms with Gasteiger partial charge >= 0.3 is 5.97 Å². The molecule has 0 saturated heterocycles. The standard InChI is InChI=1S/C26H27N3O3/c1-28(2)26-27-12-14-29(26)13-4-6-19-8-9-22-17-24(11-10-21(22)15-19)32-18-20-5-3-7-23(16-20)25(30)31/h3,5,7-12,14-17H,4,6,13,18H2,1-2H3,(H,30,31). The molecule has 4 aromatic rings. The molecule has 1 N–H and O–H groups in total. The van der Waals surface area contributed by atoms with Crippen molar-refractivity contribution in [3.63, 3.8) is 0 Å². The Bertz CT molecular complexity index is 1230. The first-order valence-electron chi connectivity index (χ1n) is 10.7. The van der Waals surface area contributed by atoms with Crippen molar-refractivity contribution in [1.82, 2.24) is 9.55 Å². The van der Waals surface area contributed by atoms with Crippen molar-refractivity contribution in [2.24, 2.45) is 0 Å². The van der Waals surface area contributed by atoms with Gasteiger partial charge < -0.3 is 19.3 Å². The van der Waals surface area contributed by atoms with Crippen molar-refractivity contribution < 1.29 is 14.6 Å². The highest BCUT2D eigenvalue weighted by atomic mass is 16.5. The van der Waals surface area contributed by atoms with E-state index in [1.807, 2.05) is 49.6 Å². The van der Waals surface area contributed by atoms with Crippen LogP contribution < -0.4 is 9.64 Å². The number of carboxylic acids is 1. The molecule has 0 aliphatic heterocycles. The monoisotopic (exact) mass is 429 g/mol. The van der Waals surface area contributed by atoms with Crippen molar-refractivity contribution in [3.8, 4) is 5.75 Å². The lowest BCUT2D eigenvalue weighted by Crippen LogP contribution is -2.15. The third-order valence-electron chi connectivity index (χ3n) is 5.41. The normalized spacial score (nSPS) is 10.9. The fourth-order valence-corrected chi connectivity index (χ4v) is 3.80. The van der Waals surface area contributed by atoms with Gasteiger partial charge in [-0.15, -0.1) is 0 Å². The predicted octanol–water partition coefficient (Wildman–Crippen LogP) is 5.01. The number of ether oxygens (including phenoxy) is 1. The van der Waals surface area contributed by atoms with Gasteiger partial charge in [0.1, 0.15) is 12.4 Å². The second-order valence-electron chi connectivity index (χ2n) is 8.06. The maximum atomic E-state index is 11.1. The maximum absolute atomic E-state index is 11.1. The number of hydrogen-bond acceptors (Lipinski definition) is 4. The molecule has 0 spiro atoms. The SMILES string of the molecule is CN(C)c1nccn1CCCc1ccc2cc(OCc3cccc(C(=O)O)c3)ccc2c1. The van der Waals surface area contributed by atoms with Crippen molar-refractivity contribution in [1.29, 1.82) is 0 Å². The summed E-state index contributed by atoms with van der Waals surface area (Å²) >= 11 is 0. The maximum Gasteiger partial charge on any atom is 0.335 e. The number of aromatic nitrogens is 2. The quantitative estimate of drug-likeness (QED) is 0.405. The number of hydrogen-bond donors (Lipinski definition) is 1. The molecule has 0 amide bonds. The van der Waals surface area contributed by atoms with E-state index in [4.69, 9.17) is 9.84 Å². The fourth-order valence-electron chi connectivity index (χ4n) is 3.80. The third-order valence-corrected chi connectivity index (χ3v) is 5.41. The molecule has 164 valence electrons. The Kier molecular flexibility index (Phi) is 6.40. The summed E-state index contributed by atoms with van der Waals surface area (Å²) in [5, 5.41) is 11.4. The summed E-state index contributed by atoms with van der Waals surface area (Å²) < 4.78 is 8.07. The molecular weight excluding hydrogens is 402 g/mol. The average Bonchev–Trinajstić information content (AvgIpc) is 3.27. The minimum absolute atomic E-state index is 0.267. The summed E-state index contributed by atoms with van der Waals surface area (Å²) in [5.41, 5.74) is 2.40. The van der Waals surface area contributed by atoms with E-state index in [0.29, 0.717) is 6.61 Å². The van der Waals surface area contributed by atoms with Crippen LogP contribution in [0.3, 0.4) is 0 Å². The molecule has 3 aromatic carbocycles. The van der Waals surface area contributed by atoms with Gasteiger partial charge in [-0.25, -0.2) is 9.78 Å². The van der Waals surface area contributed by atoms with E-state index in [1.165, 1.54) is 10.9 Å². The smallest absolute Gasteiger partial charge is 0.335 e. The van der Waals surface area contributed by atoms with Gasteiger partial charge in [0.05, 0.1) is 5.56 Å². The van der Waals surface area contributed by atoms with Crippen molar-refractivity contribution in [3.05, 3.63) is 89.7 Å². The largest absolute Gasteiger partial charge is 0.489 e. The predicted molar refractivity (Wildman–Crippen MR) is 127 cm³/mol. The van der Waals surface area contributed by atoms with E-state index in [9.17, 15) is 4.79 Å². The number of nitrogens with zero attached hydrogens (tertiary/aromatic N) is 3. The van der Waals surface area contributed by atoms with Crippen LogP contribution in [0.4, 0.5) is 5.95 Å². The molecule has 0 radical (unpaired) electrons. The Morgan fingerprint density at radius 3 is 2.66 bits per heavy atom. The first kappa shape index (κ1) is 21.4. The molecule has 6 nitrogen and oxygen atoms in total. The fraction of sp³-hybridized carbons (Fsp3) is 0.231. The lowest BCUT2D eigenvalue weighted by molar-refractivity contribution is 0.0696. The van der Waals surface area contributed by atoms with Crippen molar-refractivity contribution >= 4 is 22.7 Å². The second-order valence-corrected chi connectivity index (χ2v) is 8.06. The number of carbonyl (C=O) groups is 1. The van der Waals surface area contributed by atoms with Crippen LogP contribution in [0.5, 0.6) is 5.75 Å². The number of benzene rings is 3. The van der Waals surface area contributed by atoms with Crippen LogP contribution in [0.1, 0.15) is 27.9 Å². The average molecular weight is 430 g/mol. The lowest BCUT2D eigenvalue weighted by Gasteiger charge is -2.14. The van der Waals surface area contributed by atoms with Gasteiger partial charge in [-0.05, 0) is 59.0 Å². The summed E-state index contributed by atoms with van der Waals surface area (Å²) in [6.45, 7) is 1.26. The first-order valence-corrected chi connectivity index (χ1v) is 10.7. The van der Waals surface area contributed by atoms with Crippen LogP contribution in [0.25, 0.3) is 10.8 Å². The molecule has 0 saturated carbocycles. The van der Waals surface area contributed by atoms with Crippen LogP contribution in [0.15, 0.2) is 73.1 Å². The van der Waals surface area contributed by atoms with Gasteiger partial charge in [0, 0.05) is 33.0 Å². The zero-order chi connectivity index (χ0) is 22.5. The van der Waals surface area contributed by atoms with Gasteiger partial charge in [-0.1, -0.05) is 36.4 Å². The minimum atomic E-state index is -0.934. The molecule has 4 rings (SSSR count). The highest BCUT2D eigenvalue weighted by molar-refractivity contribution is 5.87. The number of aryl methyl sites for hydroxylation is 2. The lowest BCUT2D eigenvalue weighted by atomic mass is 10.0. The molecule has 0 fully saturated rings. The van der Waals surface area contributed by atoms with E-state index >= 15 is 0 Å². The number of imidazole rings is 1. The highest BCUT2D eigenvalue weighted by Crippen LogP contribution is 2.24. The minimum Gasteiger partial charge on any atom is -0.489 e. The molecule has 6 heteroatoms. The van der Waals surface area contributed by atoms with Gasteiger partial charge in [0.25, 0.3) is 0 Å². The number of aromatic carboxylic acids is 1. The molecule has 0 unspecified atom stereocenters. The Hall–Kier alpha value is -3.80. The second kappa shape index (κ2) is 9.56. The van der Waals surface area contributed by atoms with Crippen LogP contribution >= 0.6 is 0 Å². The molecule has 0 aliphatic rings. The van der Waals surface area contributed by atoms with Gasteiger partial charge in [0.15, 0.2) is 0 Å². The van der Waals surface area contributed by atoms with E-state index in [0.717, 1.165) is 42.0 Å². The summed E-state index contributed by atoms with van der Waals surface area (Å²) in [6.07, 6.45) is 5.90. The Balaban J connectivity index is 1.37. The summed E-state index contributed by atoms with van der Waals surface area (Å²) in [4.78, 5) is 17.5. The zero-order valence-electron chi connectivity index (χ0n) is 18.4. The molecule has 1 heterocycles.